The fraction of sp³-hybridized carbons (Fsp3) is 0.333. The number of benzene rings is 2. The Morgan fingerprint density at radius 2 is 1.09 bits per heavy atom. The van der Waals surface area contributed by atoms with E-state index in [0.717, 1.165) is 0 Å². The van der Waals surface area contributed by atoms with Crippen molar-refractivity contribution in [2.24, 2.45) is 0 Å². The Bertz CT molecular complexity index is 595. The number of hydrogen-bond donors (Lipinski definition) is 0. The second kappa shape index (κ2) is 7.42. The van der Waals surface area contributed by atoms with Gasteiger partial charge in [-0.1, -0.05) is 28.8 Å². The maximum absolute atomic E-state index is 13.0. The first-order chi connectivity index (χ1) is 10.5. The minimum absolute atomic E-state index is 0.0340. The van der Waals surface area contributed by atoms with Crippen molar-refractivity contribution in [3.05, 3.63) is 48.5 Å². The third-order valence-corrected chi connectivity index (χ3v) is 4.51. The predicted octanol–water partition coefficient (Wildman–Crippen LogP) is 4.04. The average molecular weight is 317 g/mol. The third-order valence-electron chi connectivity index (χ3n) is 2.89. The first kappa shape index (κ1) is 16.5. The van der Waals surface area contributed by atoms with E-state index in [1.54, 1.807) is 0 Å². The first-order valence-electron chi connectivity index (χ1n) is 7.47. The summed E-state index contributed by atoms with van der Waals surface area (Å²) in [5, 5.41) is 1.40. The smallest absolute Gasteiger partial charge is 0.423 e. The molecule has 3 nitrogen and oxygen atoms in total. The lowest BCUT2D eigenvalue weighted by atomic mass is 10.3. The summed E-state index contributed by atoms with van der Waals surface area (Å²) in [5.41, 5.74) is 0. The van der Waals surface area contributed by atoms with Crippen molar-refractivity contribution in [3.63, 3.8) is 0 Å². The molecular formula is C18H22O3P+. The molecule has 2 aromatic carbocycles. The summed E-state index contributed by atoms with van der Waals surface area (Å²) in [5.74, 6) is 1.33. The van der Waals surface area contributed by atoms with E-state index in [9.17, 15) is 4.57 Å². The summed E-state index contributed by atoms with van der Waals surface area (Å²) < 4.78 is 24.6. The van der Waals surface area contributed by atoms with Gasteiger partial charge in [0, 0.05) is 0 Å². The fourth-order valence-corrected chi connectivity index (χ4v) is 3.44. The van der Waals surface area contributed by atoms with Crippen molar-refractivity contribution in [2.45, 2.75) is 39.9 Å². The normalized spacial score (nSPS) is 10.8. The molecule has 0 atom stereocenters. The van der Waals surface area contributed by atoms with Gasteiger partial charge < -0.3 is 9.47 Å². The van der Waals surface area contributed by atoms with Crippen LogP contribution in [0, 0.1) is 0 Å². The zero-order chi connectivity index (χ0) is 16.1. The van der Waals surface area contributed by atoms with Crippen LogP contribution in [0.5, 0.6) is 11.5 Å². The van der Waals surface area contributed by atoms with E-state index in [0.29, 0.717) is 22.1 Å². The molecule has 0 radical (unpaired) electrons. The topological polar surface area (TPSA) is 35.5 Å². The second-order valence-electron chi connectivity index (χ2n) is 5.56. The minimum Gasteiger partial charge on any atom is -0.486 e. The number of hydrogen-bond acceptors (Lipinski definition) is 3. The molecule has 0 aliphatic rings. The van der Waals surface area contributed by atoms with Crippen molar-refractivity contribution >= 4 is 18.4 Å². The lowest BCUT2D eigenvalue weighted by Gasteiger charge is -2.11. The van der Waals surface area contributed by atoms with Crippen molar-refractivity contribution < 1.29 is 14.0 Å². The molecule has 0 saturated heterocycles. The molecule has 0 aliphatic carbocycles. The van der Waals surface area contributed by atoms with Crippen LogP contribution in [-0.2, 0) is 4.57 Å². The molecule has 2 aromatic rings. The van der Waals surface area contributed by atoms with E-state index in [2.05, 4.69) is 0 Å². The Morgan fingerprint density at radius 3 is 1.45 bits per heavy atom. The monoisotopic (exact) mass is 317 g/mol. The summed E-state index contributed by atoms with van der Waals surface area (Å²) in [7, 11) is -1.77. The van der Waals surface area contributed by atoms with Gasteiger partial charge in [0.25, 0.3) is 0 Å². The molecule has 0 N–H and O–H groups in total. The van der Waals surface area contributed by atoms with Crippen LogP contribution in [0.3, 0.4) is 0 Å². The first-order valence-corrected chi connectivity index (χ1v) is 8.73. The second-order valence-corrected chi connectivity index (χ2v) is 7.12. The van der Waals surface area contributed by atoms with Crippen LogP contribution in [0.4, 0.5) is 0 Å². The lowest BCUT2D eigenvalue weighted by Crippen LogP contribution is -2.17. The largest absolute Gasteiger partial charge is 0.486 e. The van der Waals surface area contributed by atoms with Crippen molar-refractivity contribution in [1.29, 1.82) is 0 Å². The summed E-state index contributed by atoms with van der Waals surface area (Å²) in [6.07, 6.45) is 0.0680. The van der Waals surface area contributed by atoms with Gasteiger partial charge in [-0.25, -0.2) is 0 Å². The molecule has 0 unspecified atom stereocenters. The molecule has 22 heavy (non-hydrogen) atoms. The Labute approximate surface area is 133 Å². The molecule has 2 rings (SSSR count). The lowest BCUT2D eigenvalue weighted by molar-refractivity contribution is 0.244. The van der Waals surface area contributed by atoms with Gasteiger partial charge in [0.05, 0.1) is 12.2 Å². The Balaban J connectivity index is 2.41. The number of rotatable bonds is 6. The van der Waals surface area contributed by atoms with E-state index >= 15 is 0 Å². The highest BCUT2D eigenvalue weighted by atomic mass is 31.1. The standard InChI is InChI=1S/C18H22O3P/c1-13(2)20-15-9-5-7-11-17(15)22(19)18-12-8-6-10-16(18)21-14(3)4/h5-14H,1-4H3/q+1. The number of para-hydroxylation sites is 2. The Hall–Kier alpha value is -1.86. The van der Waals surface area contributed by atoms with Gasteiger partial charge in [-0.3, -0.25) is 0 Å². The molecule has 0 fully saturated rings. The highest BCUT2D eigenvalue weighted by molar-refractivity contribution is 7.62. The third kappa shape index (κ3) is 4.08. The van der Waals surface area contributed by atoms with Gasteiger partial charge in [-0.2, -0.15) is 0 Å². The van der Waals surface area contributed by atoms with Crippen molar-refractivity contribution in [3.8, 4) is 11.5 Å². The van der Waals surface area contributed by atoms with Crippen LogP contribution in [0.25, 0.3) is 0 Å². The van der Waals surface area contributed by atoms with Crippen molar-refractivity contribution in [2.75, 3.05) is 0 Å². The molecule has 0 aliphatic heterocycles. The molecule has 0 heterocycles. The van der Waals surface area contributed by atoms with Gasteiger partial charge in [0.15, 0.2) is 11.5 Å². The summed E-state index contributed by atoms with van der Waals surface area (Å²) >= 11 is 0. The van der Waals surface area contributed by atoms with Crippen LogP contribution in [-0.4, -0.2) is 12.2 Å². The van der Waals surface area contributed by atoms with Crippen LogP contribution >= 0.6 is 7.80 Å². The van der Waals surface area contributed by atoms with E-state index < -0.39 is 7.80 Å². The van der Waals surface area contributed by atoms with Gasteiger partial charge in [0.1, 0.15) is 0 Å². The Morgan fingerprint density at radius 1 is 0.727 bits per heavy atom. The van der Waals surface area contributed by atoms with E-state index in [1.807, 2.05) is 76.2 Å². The minimum atomic E-state index is -1.77. The molecule has 0 spiro atoms. The highest BCUT2D eigenvalue weighted by Gasteiger charge is 2.31. The van der Waals surface area contributed by atoms with Gasteiger partial charge in [-0.15, -0.1) is 0 Å². The molecule has 4 heteroatoms. The van der Waals surface area contributed by atoms with Crippen LogP contribution < -0.4 is 20.1 Å². The summed E-state index contributed by atoms with van der Waals surface area (Å²) in [6, 6.07) is 14.9. The zero-order valence-electron chi connectivity index (χ0n) is 13.4. The molecule has 0 bridgehead atoms. The SMILES string of the molecule is CC(C)Oc1ccccc1[P+](=O)c1ccccc1OC(C)C. The average Bonchev–Trinajstić information content (AvgIpc) is 2.46. The number of ether oxygens (including phenoxy) is 2. The molecule has 0 aromatic heterocycles. The molecular weight excluding hydrogens is 295 g/mol. The maximum Gasteiger partial charge on any atom is 0.423 e. The maximum atomic E-state index is 13.0. The van der Waals surface area contributed by atoms with Gasteiger partial charge in [-0.05, 0) is 52.0 Å². The van der Waals surface area contributed by atoms with Crippen LogP contribution in [0.1, 0.15) is 27.7 Å². The Kier molecular flexibility index (Phi) is 5.57. The van der Waals surface area contributed by atoms with Crippen molar-refractivity contribution in [1.82, 2.24) is 0 Å². The highest BCUT2D eigenvalue weighted by Crippen LogP contribution is 2.30. The summed E-state index contributed by atoms with van der Waals surface area (Å²) in [4.78, 5) is 0. The van der Waals surface area contributed by atoms with Gasteiger partial charge >= 0.3 is 7.80 Å². The van der Waals surface area contributed by atoms with Crippen LogP contribution in [0.2, 0.25) is 0 Å². The van der Waals surface area contributed by atoms with E-state index in [-0.39, 0.29) is 12.2 Å². The predicted molar refractivity (Wildman–Crippen MR) is 91.3 cm³/mol. The molecule has 116 valence electrons. The molecule has 0 saturated carbocycles. The van der Waals surface area contributed by atoms with Crippen LogP contribution in [0.15, 0.2) is 48.5 Å². The quantitative estimate of drug-likeness (QED) is 0.754. The zero-order valence-corrected chi connectivity index (χ0v) is 14.3. The van der Waals surface area contributed by atoms with E-state index in [4.69, 9.17) is 9.47 Å². The molecule has 0 amide bonds. The van der Waals surface area contributed by atoms with Gasteiger partial charge in [0.2, 0.25) is 10.6 Å². The summed E-state index contributed by atoms with van der Waals surface area (Å²) in [6.45, 7) is 7.83. The van der Waals surface area contributed by atoms with E-state index in [1.165, 1.54) is 0 Å². The fourth-order valence-electron chi connectivity index (χ4n) is 2.09.